The van der Waals surface area contributed by atoms with E-state index in [1.165, 1.54) is 0 Å². The maximum absolute atomic E-state index is 12.2. The van der Waals surface area contributed by atoms with Gasteiger partial charge in [-0.25, -0.2) is 0 Å². The average molecular weight is 316 g/mol. The molecule has 0 radical (unpaired) electrons. The van der Waals surface area contributed by atoms with Gasteiger partial charge in [-0.1, -0.05) is 41.9 Å². The van der Waals surface area contributed by atoms with Crippen LogP contribution in [-0.4, -0.2) is 25.0 Å². The van der Waals surface area contributed by atoms with Crippen LogP contribution in [0.2, 0.25) is 5.02 Å². The maximum Gasteiger partial charge on any atom is 0.246 e. The molecule has 114 valence electrons. The monoisotopic (exact) mass is 315 g/mol. The van der Waals surface area contributed by atoms with E-state index in [4.69, 9.17) is 16.3 Å². The van der Waals surface area contributed by atoms with Gasteiger partial charge in [0.25, 0.3) is 0 Å². The highest BCUT2D eigenvalue weighted by molar-refractivity contribution is 6.30. The number of carbonyl (C=O) groups excluding carboxylic acids is 1. The topological polar surface area (TPSA) is 29.5 Å². The minimum atomic E-state index is -0.0687. The summed E-state index contributed by atoms with van der Waals surface area (Å²) in [4.78, 5) is 13.8. The van der Waals surface area contributed by atoms with Crippen LogP contribution in [0.1, 0.15) is 11.1 Å². The first-order valence-electron chi connectivity index (χ1n) is 6.91. The van der Waals surface area contributed by atoms with Crippen molar-refractivity contribution in [2.75, 3.05) is 14.2 Å². The minimum absolute atomic E-state index is 0.0687. The predicted molar refractivity (Wildman–Crippen MR) is 90.0 cm³/mol. The number of likely N-dealkylation sites (N-methyl/N-ethyl adjacent to an activating group) is 1. The van der Waals surface area contributed by atoms with Crippen molar-refractivity contribution in [1.29, 1.82) is 0 Å². The largest absolute Gasteiger partial charge is 0.496 e. The summed E-state index contributed by atoms with van der Waals surface area (Å²) in [5.41, 5.74) is 1.91. The van der Waals surface area contributed by atoms with E-state index in [0.717, 1.165) is 16.9 Å². The van der Waals surface area contributed by atoms with Crippen molar-refractivity contribution < 1.29 is 9.53 Å². The highest BCUT2D eigenvalue weighted by Crippen LogP contribution is 2.18. The summed E-state index contributed by atoms with van der Waals surface area (Å²) in [6.45, 7) is 0.534. The van der Waals surface area contributed by atoms with Crippen LogP contribution in [0.3, 0.4) is 0 Å². The van der Waals surface area contributed by atoms with Crippen molar-refractivity contribution in [3.8, 4) is 5.75 Å². The Morgan fingerprint density at radius 1 is 1.18 bits per heavy atom. The highest BCUT2D eigenvalue weighted by atomic mass is 35.5. The molecule has 22 heavy (non-hydrogen) atoms. The lowest BCUT2D eigenvalue weighted by Crippen LogP contribution is -2.24. The van der Waals surface area contributed by atoms with Crippen LogP contribution in [0.4, 0.5) is 0 Å². The van der Waals surface area contributed by atoms with Crippen molar-refractivity contribution >= 4 is 23.6 Å². The highest BCUT2D eigenvalue weighted by Gasteiger charge is 2.06. The molecule has 1 amide bonds. The van der Waals surface area contributed by atoms with Gasteiger partial charge in [-0.2, -0.15) is 0 Å². The van der Waals surface area contributed by atoms with Gasteiger partial charge in [-0.3, -0.25) is 4.79 Å². The Morgan fingerprint density at radius 3 is 2.55 bits per heavy atom. The van der Waals surface area contributed by atoms with Gasteiger partial charge in [0, 0.05) is 30.3 Å². The Kier molecular flexibility index (Phi) is 5.61. The van der Waals surface area contributed by atoms with Gasteiger partial charge in [0.15, 0.2) is 0 Å². The molecule has 0 unspecified atom stereocenters. The molecule has 0 spiro atoms. The lowest BCUT2D eigenvalue weighted by Gasteiger charge is -2.15. The zero-order chi connectivity index (χ0) is 15.9. The van der Waals surface area contributed by atoms with E-state index in [-0.39, 0.29) is 5.91 Å². The van der Waals surface area contributed by atoms with E-state index >= 15 is 0 Å². The molecule has 0 aliphatic rings. The average Bonchev–Trinajstić information content (AvgIpc) is 2.54. The number of rotatable bonds is 5. The van der Waals surface area contributed by atoms with Gasteiger partial charge in [0.05, 0.1) is 7.11 Å². The van der Waals surface area contributed by atoms with Crippen LogP contribution in [-0.2, 0) is 11.3 Å². The molecule has 2 aromatic rings. The first-order chi connectivity index (χ1) is 10.6. The van der Waals surface area contributed by atoms with Gasteiger partial charge >= 0.3 is 0 Å². The van der Waals surface area contributed by atoms with Gasteiger partial charge < -0.3 is 9.64 Å². The Morgan fingerprint density at radius 2 is 1.86 bits per heavy atom. The molecule has 0 aromatic heterocycles. The second-order valence-electron chi connectivity index (χ2n) is 4.90. The lowest BCUT2D eigenvalue weighted by molar-refractivity contribution is -0.125. The van der Waals surface area contributed by atoms with E-state index in [1.54, 1.807) is 31.2 Å². The van der Waals surface area contributed by atoms with Crippen LogP contribution >= 0.6 is 11.6 Å². The second-order valence-corrected chi connectivity index (χ2v) is 5.33. The molecule has 0 saturated heterocycles. The third kappa shape index (κ3) is 4.37. The van der Waals surface area contributed by atoms with E-state index in [2.05, 4.69) is 0 Å². The standard InChI is InChI=1S/C18H18ClNO2/c1-20(13-14-7-10-16(19)11-8-14)18(21)12-9-15-5-3-4-6-17(15)22-2/h3-12H,13H2,1-2H3/b12-9+. The maximum atomic E-state index is 12.2. The number of benzene rings is 2. The van der Waals surface area contributed by atoms with Crippen molar-refractivity contribution in [3.05, 3.63) is 70.8 Å². The van der Waals surface area contributed by atoms with E-state index in [9.17, 15) is 4.79 Å². The van der Waals surface area contributed by atoms with Gasteiger partial charge in [-0.15, -0.1) is 0 Å². The van der Waals surface area contributed by atoms with Crippen molar-refractivity contribution in [2.45, 2.75) is 6.54 Å². The number of nitrogens with zero attached hydrogens (tertiary/aromatic N) is 1. The quantitative estimate of drug-likeness (QED) is 0.780. The zero-order valence-corrected chi connectivity index (χ0v) is 13.4. The lowest BCUT2D eigenvalue weighted by atomic mass is 10.2. The number of methoxy groups -OCH3 is 1. The number of hydrogen-bond donors (Lipinski definition) is 0. The Balaban J connectivity index is 2.01. The molecule has 0 fully saturated rings. The molecule has 0 aliphatic carbocycles. The second kappa shape index (κ2) is 7.66. The Hall–Kier alpha value is -2.26. The van der Waals surface area contributed by atoms with Gasteiger partial charge in [0.2, 0.25) is 5.91 Å². The van der Waals surface area contributed by atoms with E-state index < -0.39 is 0 Å². The molecule has 0 heterocycles. The first kappa shape index (κ1) is 16.1. The number of amides is 1. The van der Waals surface area contributed by atoms with Crippen LogP contribution < -0.4 is 4.74 Å². The van der Waals surface area contributed by atoms with Crippen LogP contribution in [0.15, 0.2) is 54.6 Å². The van der Waals surface area contributed by atoms with Crippen molar-refractivity contribution in [3.63, 3.8) is 0 Å². The summed E-state index contributed by atoms with van der Waals surface area (Å²) in [5, 5.41) is 0.689. The fourth-order valence-corrected chi connectivity index (χ4v) is 2.16. The molecule has 4 heteroatoms. The zero-order valence-electron chi connectivity index (χ0n) is 12.6. The molecular formula is C18H18ClNO2. The predicted octanol–water partition coefficient (Wildman–Crippen LogP) is 4.02. The van der Waals surface area contributed by atoms with Crippen molar-refractivity contribution in [2.24, 2.45) is 0 Å². The molecule has 0 N–H and O–H groups in total. The van der Waals surface area contributed by atoms with Crippen LogP contribution in [0, 0.1) is 0 Å². The molecule has 2 rings (SSSR count). The summed E-state index contributed by atoms with van der Waals surface area (Å²) < 4.78 is 5.26. The molecule has 2 aromatic carbocycles. The molecule has 0 bridgehead atoms. The summed E-state index contributed by atoms with van der Waals surface area (Å²) in [7, 11) is 3.38. The molecule has 0 aliphatic heterocycles. The summed E-state index contributed by atoms with van der Waals surface area (Å²) in [6.07, 6.45) is 3.31. The molecule has 3 nitrogen and oxygen atoms in total. The third-order valence-corrected chi connectivity index (χ3v) is 3.51. The van der Waals surface area contributed by atoms with E-state index in [0.29, 0.717) is 11.6 Å². The first-order valence-corrected chi connectivity index (χ1v) is 7.28. The molecule has 0 saturated carbocycles. The summed E-state index contributed by atoms with van der Waals surface area (Å²) >= 11 is 5.85. The Bertz CT molecular complexity index is 665. The van der Waals surface area contributed by atoms with Crippen LogP contribution in [0.25, 0.3) is 6.08 Å². The number of halogens is 1. The molecule has 0 atom stereocenters. The van der Waals surface area contributed by atoms with Gasteiger partial charge in [-0.05, 0) is 29.8 Å². The summed E-state index contributed by atoms with van der Waals surface area (Å²) in [6, 6.07) is 15.0. The van der Waals surface area contributed by atoms with E-state index in [1.807, 2.05) is 48.5 Å². The normalized spacial score (nSPS) is 10.7. The summed E-state index contributed by atoms with van der Waals surface area (Å²) in [5.74, 6) is 0.674. The fraction of sp³-hybridized carbons (Fsp3) is 0.167. The number of ether oxygens (including phenoxy) is 1. The minimum Gasteiger partial charge on any atom is -0.496 e. The number of carbonyl (C=O) groups is 1. The molecular weight excluding hydrogens is 298 g/mol. The van der Waals surface area contributed by atoms with Gasteiger partial charge in [0.1, 0.15) is 5.75 Å². The third-order valence-electron chi connectivity index (χ3n) is 3.25. The number of hydrogen-bond acceptors (Lipinski definition) is 2. The Labute approximate surface area is 135 Å². The fourth-order valence-electron chi connectivity index (χ4n) is 2.03. The number of para-hydroxylation sites is 1. The smallest absolute Gasteiger partial charge is 0.246 e. The SMILES string of the molecule is COc1ccccc1/C=C/C(=O)N(C)Cc1ccc(Cl)cc1. The van der Waals surface area contributed by atoms with Crippen LogP contribution in [0.5, 0.6) is 5.75 Å². The van der Waals surface area contributed by atoms with Crippen molar-refractivity contribution in [1.82, 2.24) is 4.90 Å².